The average Bonchev–Trinajstić information content (AvgIpc) is 2.69. The van der Waals surface area contributed by atoms with Crippen molar-refractivity contribution in [3.8, 4) is 0 Å². The Balaban J connectivity index is 1.96. The molecule has 0 heterocycles. The molecular formula is C23H32N2O3S. The predicted octanol–water partition coefficient (Wildman–Crippen LogP) is 4.14. The number of benzene rings is 2. The lowest BCUT2D eigenvalue weighted by Crippen LogP contribution is -2.30. The summed E-state index contributed by atoms with van der Waals surface area (Å²) in [4.78, 5) is 12.7. The molecule has 5 nitrogen and oxygen atoms in total. The van der Waals surface area contributed by atoms with Gasteiger partial charge < -0.3 is 5.32 Å². The lowest BCUT2D eigenvalue weighted by molar-refractivity contribution is -0.121. The minimum Gasteiger partial charge on any atom is -0.350 e. The van der Waals surface area contributed by atoms with Crippen LogP contribution in [0.15, 0.2) is 47.4 Å². The molecule has 0 saturated heterocycles. The molecule has 2 rings (SSSR count). The van der Waals surface area contributed by atoms with Gasteiger partial charge in [0.2, 0.25) is 15.9 Å². The normalized spacial score (nSPS) is 12.8. The van der Waals surface area contributed by atoms with Gasteiger partial charge >= 0.3 is 0 Å². The van der Waals surface area contributed by atoms with E-state index in [9.17, 15) is 13.2 Å². The SMILES string of the molecule is CCN(CC)S(=O)(=O)c1ccc(CCC(=O)NC(C)c2cc(C)ccc2C)cc1. The molecule has 0 bridgehead atoms. The third-order valence-electron chi connectivity index (χ3n) is 5.19. The van der Waals surface area contributed by atoms with Crippen molar-refractivity contribution in [2.45, 2.75) is 58.4 Å². The van der Waals surface area contributed by atoms with E-state index in [1.165, 1.54) is 9.87 Å². The molecule has 0 spiro atoms. The van der Waals surface area contributed by atoms with Crippen molar-refractivity contribution in [1.82, 2.24) is 9.62 Å². The molecule has 2 aromatic rings. The van der Waals surface area contributed by atoms with Gasteiger partial charge in [-0.2, -0.15) is 4.31 Å². The van der Waals surface area contributed by atoms with Crippen molar-refractivity contribution in [3.05, 3.63) is 64.7 Å². The Labute approximate surface area is 175 Å². The Morgan fingerprint density at radius 1 is 1.03 bits per heavy atom. The highest BCUT2D eigenvalue weighted by Crippen LogP contribution is 2.20. The van der Waals surface area contributed by atoms with Crippen molar-refractivity contribution in [2.24, 2.45) is 0 Å². The molecule has 29 heavy (non-hydrogen) atoms. The minimum atomic E-state index is -3.45. The van der Waals surface area contributed by atoms with Crippen LogP contribution in [0.5, 0.6) is 0 Å². The van der Waals surface area contributed by atoms with E-state index in [-0.39, 0.29) is 16.8 Å². The van der Waals surface area contributed by atoms with Crippen LogP contribution in [0.2, 0.25) is 0 Å². The Bertz CT molecular complexity index is 933. The van der Waals surface area contributed by atoms with Gasteiger partial charge in [-0.05, 0) is 56.0 Å². The standard InChI is InChI=1S/C23H32N2O3S/c1-6-25(7-2)29(27,28)21-13-10-20(11-14-21)12-15-23(26)24-19(5)22-16-17(3)8-9-18(22)4/h8-11,13-14,16,19H,6-7,12,15H2,1-5H3,(H,24,26). The van der Waals surface area contributed by atoms with Gasteiger partial charge in [0.25, 0.3) is 0 Å². The summed E-state index contributed by atoms with van der Waals surface area (Å²) in [5, 5.41) is 3.06. The fourth-order valence-electron chi connectivity index (χ4n) is 3.42. The molecule has 0 aliphatic rings. The van der Waals surface area contributed by atoms with Gasteiger partial charge in [0, 0.05) is 19.5 Å². The highest BCUT2D eigenvalue weighted by molar-refractivity contribution is 7.89. The number of amides is 1. The maximum absolute atomic E-state index is 12.5. The molecule has 0 aliphatic carbocycles. The van der Waals surface area contributed by atoms with Crippen LogP contribution in [-0.4, -0.2) is 31.7 Å². The predicted molar refractivity (Wildman–Crippen MR) is 117 cm³/mol. The number of rotatable bonds is 9. The maximum Gasteiger partial charge on any atom is 0.243 e. The number of carbonyl (C=O) groups is 1. The summed E-state index contributed by atoms with van der Waals surface area (Å²) in [6.07, 6.45) is 0.925. The van der Waals surface area contributed by atoms with Gasteiger partial charge in [-0.3, -0.25) is 4.79 Å². The molecule has 1 N–H and O–H groups in total. The molecule has 0 radical (unpaired) electrons. The van der Waals surface area contributed by atoms with Crippen LogP contribution < -0.4 is 5.32 Å². The van der Waals surface area contributed by atoms with Crippen LogP contribution in [0, 0.1) is 13.8 Å². The summed E-state index contributed by atoms with van der Waals surface area (Å²) in [5.41, 5.74) is 4.40. The molecular weight excluding hydrogens is 384 g/mol. The summed E-state index contributed by atoms with van der Waals surface area (Å²) >= 11 is 0. The number of aryl methyl sites for hydroxylation is 3. The smallest absolute Gasteiger partial charge is 0.243 e. The van der Waals surface area contributed by atoms with Crippen molar-refractivity contribution >= 4 is 15.9 Å². The highest BCUT2D eigenvalue weighted by Gasteiger charge is 2.21. The summed E-state index contributed by atoms with van der Waals surface area (Å²) < 4.78 is 26.5. The van der Waals surface area contributed by atoms with Crippen LogP contribution in [0.1, 0.15) is 55.5 Å². The number of nitrogens with zero attached hydrogens (tertiary/aromatic N) is 1. The zero-order valence-electron chi connectivity index (χ0n) is 18.0. The molecule has 1 unspecified atom stereocenters. The van der Waals surface area contributed by atoms with Gasteiger partial charge in [0.05, 0.1) is 10.9 Å². The molecule has 6 heteroatoms. The number of sulfonamides is 1. The van der Waals surface area contributed by atoms with Gasteiger partial charge in [-0.25, -0.2) is 8.42 Å². The fraction of sp³-hybridized carbons (Fsp3) is 0.435. The Kier molecular flexibility index (Phi) is 7.99. The van der Waals surface area contributed by atoms with Crippen LogP contribution in [0.25, 0.3) is 0 Å². The highest BCUT2D eigenvalue weighted by atomic mass is 32.2. The Morgan fingerprint density at radius 3 is 2.24 bits per heavy atom. The molecule has 158 valence electrons. The molecule has 1 amide bonds. The summed E-state index contributed by atoms with van der Waals surface area (Å²) in [7, 11) is -3.45. The van der Waals surface area contributed by atoms with Crippen molar-refractivity contribution < 1.29 is 13.2 Å². The van der Waals surface area contributed by atoms with E-state index < -0.39 is 10.0 Å². The molecule has 2 aromatic carbocycles. The molecule has 0 saturated carbocycles. The van der Waals surface area contributed by atoms with Crippen molar-refractivity contribution in [2.75, 3.05) is 13.1 Å². The fourth-order valence-corrected chi connectivity index (χ4v) is 4.87. The van der Waals surface area contributed by atoms with Gasteiger partial charge in [-0.15, -0.1) is 0 Å². The quantitative estimate of drug-likeness (QED) is 0.668. The van der Waals surface area contributed by atoms with E-state index in [4.69, 9.17) is 0 Å². The van der Waals surface area contributed by atoms with Crippen LogP contribution in [0.4, 0.5) is 0 Å². The molecule has 0 aromatic heterocycles. The minimum absolute atomic E-state index is 0.0155. The van der Waals surface area contributed by atoms with Crippen LogP contribution in [-0.2, 0) is 21.2 Å². The Hall–Kier alpha value is -2.18. The second kappa shape index (κ2) is 10.0. The van der Waals surface area contributed by atoms with E-state index >= 15 is 0 Å². The average molecular weight is 417 g/mol. The van der Waals surface area contributed by atoms with Crippen LogP contribution in [0.3, 0.4) is 0 Å². The summed E-state index contributed by atoms with van der Waals surface area (Å²) in [6.45, 7) is 10.6. The lowest BCUT2D eigenvalue weighted by Gasteiger charge is -2.18. The first-order valence-corrected chi connectivity index (χ1v) is 11.6. The topological polar surface area (TPSA) is 66.5 Å². The number of carbonyl (C=O) groups excluding carboxylic acids is 1. The first-order chi connectivity index (χ1) is 13.7. The number of nitrogens with one attached hydrogen (secondary N) is 1. The van der Waals surface area contributed by atoms with E-state index in [1.807, 2.05) is 34.6 Å². The summed E-state index contributed by atoms with van der Waals surface area (Å²) in [6, 6.07) is 13.0. The monoisotopic (exact) mass is 416 g/mol. The molecule has 0 aliphatic heterocycles. The summed E-state index contributed by atoms with van der Waals surface area (Å²) in [5.74, 6) is -0.0155. The largest absolute Gasteiger partial charge is 0.350 e. The van der Waals surface area contributed by atoms with Crippen LogP contribution >= 0.6 is 0 Å². The maximum atomic E-state index is 12.5. The second-order valence-corrected chi connectivity index (χ2v) is 9.32. The van der Waals surface area contributed by atoms with E-state index in [1.54, 1.807) is 24.3 Å². The Morgan fingerprint density at radius 2 is 1.66 bits per heavy atom. The molecule has 0 fully saturated rings. The van der Waals surface area contributed by atoms with E-state index in [0.29, 0.717) is 25.9 Å². The van der Waals surface area contributed by atoms with Gasteiger partial charge in [0.15, 0.2) is 0 Å². The van der Waals surface area contributed by atoms with E-state index in [0.717, 1.165) is 16.7 Å². The zero-order valence-corrected chi connectivity index (χ0v) is 18.8. The van der Waals surface area contributed by atoms with Gasteiger partial charge in [-0.1, -0.05) is 49.7 Å². The lowest BCUT2D eigenvalue weighted by atomic mass is 10.00. The third-order valence-corrected chi connectivity index (χ3v) is 7.25. The molecule has 1 atom stereocenters. The number of hydrogen-bond donors (Lipinski definition) is 1. The second-order valence-electron chi connectivity index (χ2n) is 7.38. The van der Waals surface area contributed by atoms with Gasteiger partial charge in [0.1, 0.15) is 0 Å². The van der Waals surface area contributed by atoms with E-state index in [2.05, 4.69) is 23.5 Å². The van der Waals surface area contributed by atoms with Crippen molar-refractivity contribution in [1.29, 1.82) is 0 Å². The van der Waals surface area contributed by atoms with Crippen molar-refractivity contribution in [3.63, 3.8) is 0 Å². The number of hydrogen-bond acceptors (Lipinski definition) is 3. The third kappa shape index (κ3) is 5.90. The first-order valence-electron chi connectivity index (χ1n) is 10.1. The first kappa shape index (κ1) is 23.1. The zero-order chi connectivity index (χ0) is 21.6.